The van der Waals surface area contributed by atoms with Crippen LogP contribution in [0.2, 0.25) is 0 Å². The lowest BCUT2D eigenvalue weighted by Crippen LogP contribution is -2.11. The third-order valence-electron chi connectivity index (χ3n) is 1.78. The van der Waals surface area contributed by atoms with Crippen LogP contribution in [0.4, 0.5) is 0 Å². The number of rotatable bonds is 3. The highest BCUT2D eigenvalue weighted by atomic mass is 16.5. The topological polar surface area (TPSA) is 88.5 Å². The first kappa shape index (κ1) is 25.0. The van der Waals surface area contributed by atoms with E-state index in [1.807, 2.05) is 18.2 Å². The van der Waals surface area contributed by atoms with Gasteiger partial charge in [0.1, 0.15) is 0 Å². The van der Waals surface area contributed by atoms with Gasteiger partial charge >= 0.3 is 5.97 Å². The normalized spacial score (nSPS) is 7.73. The van der Waals surface area contributed by atoms with Gasteiger partial charge in [-0.1, -0.05) is 19.4 Å². The molecular formula is C16H30N2O4. The van der Waals surface area contributed by atoms with Crippen LogP contribution in [0.25, 0.3) is 0 Å². The number of nitrogens with zero attached hydrogens (tertiary/aromatic N) is 1. The molecule has 0 saturated carbocycles. The smallest absolute Gasteiger partial charge is 0.302 e. The lowest BCUT2D eigenvalue weighted by atomic mass is 10.4. The second-order valence-electron chi connectivity index (χ2n) is 3.83. The van der Waals surface area contributed by atoms with Crippen LogP contribution < -0.4 is 5.32 Å². The van der Waals surface area contributed by atoms with Crippen molar-refractivity contribution in [2.24, 2.45) is 0 Å². The van der Waals surface area contributed by atoms with Gasteiger partial charge in [0.15, 0.2) is 0 Å². The summed E-state index contributed by atoms with van der Waals surface area (Å²) in [5.41, 5.74) is 0. The maximum absolute atomic E-state index is 9.82. The molecule has 0 saturated heterocycles. The molecule has 22 heavy (non-hydrogen) atoms. The Bertz CT molecular complexity index is 303. The molecule has 1 aromatic rings. The minimum absolute atomic E-state index is 0.00463. The second-order valence-corrected chi connectivity index (χ2v) is 3.83. The number of carbonyl (C=O) groups excluding carboxylic acids is 2. The van der Waals surface area contributed by atoms with Crippen molar-refractivity contribution < 1.29 is 19.4 Å². The summed E-state index contributed by atoms with van der Waals surface area (Å²) >= 11 is 0. The Morgan fingerprint density at radius 2 is 1.64 bits per heavy atom. The highest BCUT2D eigenvalue weighted by molar-refractivity contribution is 5.72. The van der Waals surface area contributed by atoms with E-state index in [1.54, 1.807) is 26.4 Å². The van der Waals surface area contributed by atoms with E-state index >= 15 is 0 Å². The number of pyridine rings is 1. The second kappa shape index (κ2) is 24.1. The Morgan fingerprint density at radius 1 is 1.14 bits per heavy atom. The number of nitrogens with one attached hydrogen (secondary N) is 1. The van der Waals surface area contributed by atoms with Gasteiger partial charge in [-0.2, -0.15) is 0 Å². The molecule has 2 N–H and O–H groups in total. The quantitative estimate of drug-likeness (QED) is 0.835. The largest absolute Gasteiger partial charge is 0.466 e. The van der Waals surface area contributed by atoms with Crippen LogP contribution in [0.15, 0.2) is 30.6 Å². The molecule has 6 heteroatoms. The molecule has 0 aliphatic carbocycles. The van der Waals surface area contributed by atoms with Crippen LogP contribution in [0.3, 0.4) is 0 Å². The molecule has 6 nitrogen and oxygen atoms in total. The molecule has 0 bridgehead atoms. The highest BCUT2D eigenvalue weighted by Crippen LogP contribution is 1.78. The summed E-state index contributed by atoms with van der Waals surface area (Å²) in [6.07, 6.45) is 5.54. The van der Waals surface area contributed by atoms with E-state index in [0.717, 1.165) is 12.8 Å². The number of aliphatic hydroxyl groups is 1. The van der Waals surface area contributed by atoms with Crippen molar-refractivity contribution in [3.63, 3.8) is 0 Å². The molecule has 0 aliphatic rings. The number of amides is 1. The van der Waals surface area contributed by atoms with Crippen molar-refractivity contribution in [1.29, 1.82) is 0 Å². The van der Waals surface area contributed by atoms with Crippen LogP contribution in [0.1, 0.15) is 40.5 Å². The van der Waals surface area contributed by atoms with Crippen molar-refractivity contribution >= 4 is 11.9 Å². The number of carbonyl (C=O) groups is 2. The van der Waals surface area contributed by atoms with Crippen LogP contribution in [-0.2, 0) is 14.3 Å². The van der Waals surface area contributed by atoms with Crippen LogP contribution in [0, 0.1) is 0 Å². The van der Waals surface area contributed by atoms with Gasteiger partial charge in [-0.3, -0.25) is 14.6 Å². The first-order chi connectivity index (χ1) is 10.5. The number of hydrogen-bond acceptors (Lipinski definition) is 5. The average Bonchev–Trinajstić information content (AvgIpc) is 2.51. The van der Waals surface area contributed by atoms with Crippen molar-refractivity contribution in [3.8, 4) is 0 Å². The van der Waals surface area contributed by atoms with Gasteiger partial charge in [0.05, 0.1) is 6.61 Å². The van der Waals surface area contributed by atoms with Crippen LogP contribution in [0.5, 0.6) is 0 Å². The average molecular weight is 314 g/mol. The maximum atomic E-state index is 9.82. The summed E-state index contributed by atoms with van der Waals surface area (Å²) in [4.78, 5) is 23.3. The lowest BCUT2D eigenvalue weighted by molar-refractivity contribution is -0.140. The molecular weight excluding hydrogens is 284 g/mol. The van der Waals surface area contributed by atoms with E-state index in [0.29, 0.717) is 13.2 Å². The van der Waals surface area contributed by atoms with E-state index in [9.17, 15) is 9.59 Å². The van der Waals surface area contributed by atoms with Gasteiger partial charge in [-0.15, -0.1) is 0 Å². The van der Waals surface area contributed by atoms with Crippen LogP contribution >= 0.6 is 0 Å². The number of ether oxygens (including phenoxy) is 1. The highest BCUT2D eigenvalue weighted by Gasteiger charge is 1.81. The molecule has 128 valence electrons. The molecule has 1 heterocycles. The van der Waals surface area contributed by atoms with Crippen molar-refractivity contribution in [2.75, 3.05) is 20.3 Å². The zero-order valence-corrected chi connectivity index (χ0v) is 14.3. The van der Waals surface area contributed by atoms with Gasteiger partial charge in [0.2, 0.25) is 5.91 Å². The van der Waals surface area contributed by atoms with E-state index < -0.39 is 0 Å². The summed E-state index contributed by atoms with van der Waals surface area (Å²) < 4.78 is 4.40. The minimum Gasteiger partial charge on any atom is -0.466 e. The van der Waals surface area contributed by atoms with Gasteiger partial charge < -0.3 is 15.2 Å². The summed E-state index contributed by atoms with van der Waals surface area (Å²) in [6.45, 7) is 7.52. The first-order valence-corrected chi connectivity index (χ1v) is 7.23. The Morgan fingerprint density at radius 3 is 1.68 bits per heavy atom. The first-order valence-electron chi connectivity index (χ1n) is 7.23. The van der Waals surface area contributed by atoms with E-state index in [-0.39, 0.29) is 11.9 Å². The number of aromatic nitrogens is 1. The minimum atomic E-state index is -0.211. The number of esters is 1. The van der Waals surface area contributed by atoms with Crippen LogP contribution in [-0.4, -0.2) is 42.2 Å². The number of hydrogen-bond donors (Lipinski definition) is 2. The molecule has 1 amide bonds. The molecule has 0 unspecified atom stereocenters. The Hall–Kier alpha value is -1.95. The molecule has 0 spiro atoms. The fourth-order valence-electron chi connectivity index (χ4n) is 0.674. The molecule has 0 fully saturated rings. The summed E-state index contributed by atoms with van der Waals surface area (Å²) in [5.74, 6) is -0.206. The molecule has 0 aliphatic heterocycles. The third-order valence-corrected chi connectivity index (χ3v) is 1.78. The zero-order chi connectivity index (χ0) is 17.6. The molecule has 0 aromatic carbocycles. The van der Waals surface area contributed by atoms with E-state index in [4.69, 9.17) is 5.11 Å². The maximum Gasteiger partial charge on any atom is 0.302 e. The number of unbranched alkanes of at least 4 members (excludes halogenated alkanes) is 1. The van der Waals surface area contributed by atoms with E-state index in [2.05, 4.69) is 22.0 Å². The molecule has 1 rings (SSSR count). The predicted molar refractivity (Wildman–Crippen MR) is 88.3 cm³/mol. The molecule has 0 atom stereocenters. The third kappa shape index (κ3) is 43.0. The SMILES string of the molecule is CCCCO.CCOC(C)=O.CNC(C)=O.c1ccncc1. The van der Waals surface area contributed by atoms with Crippen molar-refractivity contribution in [2.45, 2.75) is 40.5 Å². The summed E-state index contributed by atoms with van der Waals surface area (Å²) in [6, 6.07) is 5.72. The molecule has 0 radical (unpaired) electrons. The van der Waals surface area contributed by atoms with Gasteiger partial charge in [-0.05, 0) is 25.5 Å². The van der Waals surface area contributed by atoms with E-state index in [1.165, 1.54) is 13.8 Å². The monoisotopic (exact) mass is 314 g/mol. The Labute approximate surface area is 133 Å². The van der Waals surface area contributed by atoms with Crippen molar-refractivity contribution in [3.05, 3.63) is 30.6 Å². The summed E-state index contributed by atoms with van der Waals surface area (Å²) in [7, 11) is 1.60. The van der Waals surface area contributed by atoms with Gasteiger partial charge in [0, 0.05) is 39.9 Å². The number of aliphatic hydroxyl groups excluding tert-OH is 1. The van der Waals surface area contributed by atoms with Gasteiger partial charge in [-0.25, -0.2) is 0 Å². The fourth-order valence-corrected chi connectivity index (χ4v) is 0.674. The Kier molecular flexibility index (Phi) is 27.4. The lowest BCUT2D eigenvalue weighted by Gasteiger charge is -1.89. The van der Waals surface area contributed by atoms with Crippen molar-refractivity contribution in [1.82, 2.24) is 10.3 Å². The zero-order valence-electron chi connectivity index (χ0n) is 14.3. The fraction of sp³-hybridized carbons (Fsp3) is 0.562. The standard InChI is InChI=1S/C5H5N.C4H8O2.C4H10O.C3H7NO/c1-2-4-6-5-3-1;1-3-6-4(2)5;1-2-3-4-5;1-3(5)4-2/h1-5H;3H2,1-2H3;5H,2-4H2,1H3;1-2H3,(H,4,5). The predicted octanol–water partition coefficient (Wildman–Crippen LogP) is 2.18. The summed E-state index contributed by atoms with van der Waals surface area (Å²) in [5, 5.41) is 10.5. The Balaban J connectivity index is -0.000000220. The van der Waals surface area contributed by atoms with Gasteiger partial charge in [0.25, 0.3) is 0 Å². The molecule has 1 aromatic heterocycles.